The molecule has 0 aliphatic heterocycles. The number of nitrogens with zero attached hydrogens (tertiary/aromatic N) is 1. The minimum Gasteiger partial charge on any atom is -0.496 e. The molecule has 0 atom stereocenters. The average molecular weight is 372 g/mol. The van der Waals surface area contributed by atoms with Crippen molar-refractivity contribution in [1.82, 2.24) is 4.98 Å². The third-order valence-electron chi connectivity index (χ3n) is 3.83. The van der Waals surface area contributed by atoms with E-state index >= 15 is 0 Å². The number of H-pyrrole nitrogens is 1. The van der Waals surface area contributed by atoms with Gasteiger partial charge in [0.2, 0.25) is 0 Å². The average Bonchev–Trinajstić information content (AvgIpc) is 2.63. The van der Waals surface area contributed by atoms with Gasteiger partial charge in [0.25, 0.3) is 5.56 Å². The zero-order chi connectivity index (χ0) is 20.0. The van der Waals surface area contributed by atoms with Crippen LogP contribution in [-0.2, 0) is 4.79 Å². The van der Waals surface area contributed by atoms with E-state index in [1.54, 1.807) is 25.1 Å². The van der Waals surface area contributed by atoms with Gasteiger partial charge in [0, 0.05) is 29.8 Å². The summed E-state index contributed by atoms with van der Waals surface area (Å²) in [5, 5.41) is 18.1. The fourth-order valence-corrected chi connectivity index (χ4v) is 2.65. The highest BCUT2D eigenvalue weighted by Gasteiger charge is 2.20. The first kappa shape index (κ1) is 19.8. The number of carboxylic acids is 1. The van der Waals surface area contributed by atoms with Crippen LogP contribution in [-0.4, -0.2) is 36.9 Å². The summed E-state index contributed by atoms with van der Waals surface area (Å²) in [5.74, 6) is 0.267. The molecule has 8 heteroatoms. The first-order valence-corrected chi connectivity index (χ1v) is 8.16. The molecule has 1 heterocycles. The normalized spacial score (nSPS) is 10.1. The Hall–Kier alpha value is -3.47. The minimum absolute atomic E-state index is 0.00392. The number of aliphatic carboxylic acids is 1. The molecule has 0 saturated heterocycles. The van der Waals surface area contributed by atoms with Crippen molar-refractivity contribution in [3.63, 3.8) is 0 Å². The highest BCUT2D eigenvalue weighted by Crippen LogP contribution is 2.42. The molecule has 0 aliphatic rings. The molecule has 8 nitrogen and oxygen atoms in total. The van der Waals surface area contributed by atoms with Gasteiger partial charge in [-0.05, 0) is 19.4 Å². The fourth-order valence-electron chi connectivity index (χ4n) is 2.65. The lowest BCUT2D eigenvalue weighted by Gasteiger charge is -2.17. The van der Waals surface area contributed by atoms with Crippen LogP contribution >= 0.6 is 0 Å². The minimum atomic E-state index is -0.891. The molecule has 2 N–H and O–H groups in total. The van der Waals surface area contributed by atoms with E-state index in [-0.39, 0.29) is 18.6 Å². The van der Waals surface area contributed by atoms with Crippen molar-refractivity contribution in [1.29, 1.82) is 5.26 Å². The van der Waals surface area contributed by atoms with Gasteiger partial charge in [-0.1, -0.05) is 0 Å². The molecule has 27 heavy (non-hydrogen) atoms. The van der Waals surface area contributed by atoms with E-state index in [4.69, 9.17) is 19.3 Å². The van der Waals surface area contributed by atoms with Crippen molar-refractivity contribution in [3.05, 3.63) is 39.8 Å². The van der Waals surface area contributed by atoms with Crippen LogP contribution in [0.2, 0.25) is 0 Å². The summed E-state index contributed by atoms with van der Waals surface area (Å²) < 4.78 is 16.4. The lowest BCUT2D eigenvalue weighted by atomic mass is 9.98. The number of ether oxygens (including phenoxy) is 3. The van der Waals surface area contributed by atoms with Crippen molar-refractivity contribution >= 4 is 5.97 Å². The van der Waals surface area contributed by atoms with Gasteiger partial charge >= 0.3 is 5.97 Å². The van der Waals surface area contributed by atoms with Gasteiger partial charge in [-0.15, -0.1) is 0 Å². The Morgan fingerprint density at radius 1 is 1.22 bits per heavy atom. The zero-order valence-electron chi connectivity index (χ0n) is 15.3. The van der Waals surface area contributed by atoms with Gasteiger partial charge in [0.05, 0.1) is 26.4 Å². The van der Waals surface area contributed by atoms with Crippen LogP contribution in [0.1, 0.15) is 24.1 Å². The smallest absolute Gasteiger partial charge is 0.303 e. The van der Waals surface area contributed by atoms with Gasteiger partial charge in [-0.2, -0.15) is 5.26 Å². The van der Waals surface area contributed by atoms with Crippen LogP contribution < -0.4 is 19.8 Å². The summed E-state index contributed by atoms with van der Waals surface area (Å²) >= 11 is 0. The molecule has 2 rings (SSSR count). The number of aromatic nitrogens is 1. The Balaban J connectivity index is 2.51. The summed E-state index contributed by atoms with van der Waals surface area (Å²) in [6.07, 6.45) is 0.359. The molecular weight excluding hydrogens is 352 g/mol. The number of methoxy groups -OCH3 is 2. The van der Waals surface area contributed by atoms with E-state index in [2.05, 4.69) is 4.98 Å². The molecule has 0 saturated carbocycles. The summed E-state index contributed by atoms with van der Waals surface area (Å²) in [6, 6.07) is 6.81. The van der Waals surface area contributed by atoms with Crippen LogP contribution in [0.5, 0.6) is 17.2 Å². The Labute approximate surface area is 155 Å². The lowest BCUT2D eigenvalue weighted by Crippen LogP contribution is -2.13. The predicted octanol–water partition coefficient (Wildman–Crippen LogP) is 2.48. The quantitative estimate of drug-likeness (QED) is 0.683. The van der Waals surface area contributed by atoms with E-state index in [0.717, 1.165) is 0 Å². The van der Waals surface area contributed by atoms with Gasteiger partial charge in [0.15, 0.2) is 0 Å². The summed E-state index contributed by atoms with van der Waals surface area (Å²) in [7, 11) is 2.91. The van der Waals surface area contributed by atoms with E-state index in [9.17, 15) is 14.9 Å². The summed E-state index contributed by atoms with van der Waals surface area (Å²) in [4.78, 5) is 25.3. The second kappa shape index (κ2) is 8.76. The van der Waals surface area contributed by atoms with Crippen LogP contribution in [0.15, 0.2) is 23.0 Å². The molecule has 0 spiro atoms. The predicted molar refractivity (Wildman–Crippen MR) is 97.4 cm³/mol. The first-order valence-electron chi connectivity index (χ1n) is 8.16. The topological polar surface area (TPSA) is 122 Å². The number of nitriles is 1. The molecule has 1 aromatic carbocycles. The largest absolute Gasteiger partial charge is 0.496 e. The van der Waals surface area contributed by atoms with Gasteiger partial charge < -0.3 is 24.3 Å². The number of aromatic amines is 1. The molecule has 0 aliphatic carbocycles. The standard InChI is InChI=1S/C19H20N2O6/c1-11-7-13(14(10-20)19(24)21-11)18-15(25-2)8-12(9-16(18)26-3)27-6-4-5-17(22)23/h7-9H,4-6H2,1-3H3,(H,21,24)(H,22,23). The molecule has 1 aromatic heterocycles. The fraction of sp³-hybridized carbons (Fsp3) is 0.316. The monoisotopic (exact) mass is 372 g/mol. The van der Waals surface area contributed by atoms with Crippen molar-refractivity contribution in [3.8, 4) is 34.4 Å². The Morgan fingerprint density at radius 3 is 2.37 bits per heavy atom. The van der Waals surface area contributed by atoms with E-state index in [1.807, 2.05) is 6.07 Å². The zero-order valence-corrected chi connectivity index (χ0v) is 15.3. The third-order valence-corrected chi connectivity index (χ3v) is 3.83. The van der Waals surface area contributed by atoms with E-state index in [1.165, 1.54) is 14.2 Å². The molecule has 142 valence electrons. The maximum Gasteiger partial charge on any atom is 0.303 e. The first-order chi connectivity index (χ1) is 12.9. The molecule has 2 aromatic rings. The molecule has 0 radical (unpaired) electrons. The van der Waals surface area contributed by atoms with Crippen LogP contribution in [0, 0.1) is 18.3 Å². The molecule has 0 bridgehead atoms. The number of rotatable bonds is 8. The highest BCUT2D eigenvalue weighted by molar-refractivity contribution is 5.82. The molecule has 0 fully saturated rings. The summed E-state index contributed by atoms with van der Waals surface area (Å²) in [5.41, 5.74) is 0.901. The van der Waals surface area contributed by atoms with Crippen molar-refractivity contribution < 1.29 is 24.1 Å². The number of nitrogens with one attached hydrogen (secondary N) is 1. The lowest BCUT2D eigenvalue weighted by molar-refractivity contribution is -0.137. The second-order valence-electron chi connectivity index (χ2n) is 5.73. The number of hydrogen-bond acceptors (Lipinski definition) is 6. The number of carboxylic acid groups (broad SMARTS) is 1. The number of aryl methyl sites for hydroxylation is 1. The molecular formula is C19H20N2O6. The van der Waals surface area contributed by atoms with Crippen molar-refractivity contribution in [2.24, 2.45) is 0 Å². The van der Waals surface area contributed by atoms with Gasteiger partial charge in [-0.3, -0.25) is 9.59 Å². The number of carbonyl (C=O) groups is 1. The van der Waals surface area contributed by atoms with Gasteiger partial charge in [-0.25, -0.2) is 0 Å². The number of hydrogen-bond donors (Lipinski definition) is 2. The Kier molecular flexibility index (Phi) is 6.44. The Morgan fingerprint density at radius 2 is 1.85 bits per heavy atom. The Bertz CT molecular complexity index is 917. The van der Waals surface area contributed by atoms with Crippen LogP contribution in [0.25, 0.3) is 11.1 Å². The van der Waals surface area contributed by atoms with E-state index < -0.39 is 11.5 Å². The third kappa shape index (κ3) is 4.58. The van der Waals surface area contributed by atoms with Crippen LogP contribution in [0.4, 0.5) is 0 Å². The SMILES string of the molecule is COc1cc(OCCCC(=O)O)cc(OC)c1-c1cc(C)[nH]c(=O)c1C#N. The second-order valence-corrected chi connectivity index (χ2v) is 5.73. The van der Waals surface area contributed by atoms with Gasteiger partial charge in [0.1, 0.15) is 28.9 Å². The molecule has 0 unspecified atom stereocenters. The maximum atomic E-state index is 12.1. The maximum absolute atomic E-state index is 12.1. The van der Waals surface area contributed by atoms with Crippen LogP contribution in [0.3, 0.4) is 0 Å². The van der Waals surface area contributed by atoms with E-state index in [0.29, 0.717) is 40.5 Å². The number of pyridine rings is 1. The van der Waals surface area contributed by atoms with Crippen molar-refractivity contribution in [2.75, 3.05) is 20.8 Å². The highest BCUT2D eigenvalue weighted by atomic mass is 16.5. The molecule has 0 amide bonds. The summed E-state index contributed by atoms with van der Waals surface area (Å²) in [6.45, 7) is 1.93. The number of benzene rings is 1. The van der Waals surface area contributed by atoms with Crippen molar-refractivity contribution in [2.45, 2.75) is 19.8 Å².